The molecule has 0 bridgehead atoms. The molecule has 0 atom stereocenters. The molecule has 0 fully saturated rings. The molecule has 0 radical (unpaired) electrons. The number of ether oxygens (including phenoxy) is 1. The van der Waals surface area contributed by atoms with Crippen molar-refractivity contribution in [1.29, 1.82) is 0 Å². The van der Waals surface area contributed by atoms with Gasteiger partial charge >= 0.3 is 0 Å². The van der Waals surface area contributed by atoms with Crippen LogP contribution in [-0.2, 0) is 10.0 Å². The van der Waals surface area contributed by atoms with Crippen LogP contribution >= 0.6 is 15.9 Å². The second-order valence-electron chi connectivity index (χ2n) is 2.94. The quantitative estimate of drug-likeness (QED) is 0.903. The Balaban J connectivity index is 3.05. The van der Waals surface area contributed by atoms with Crippen LogP contribution in [0.25, 0.3) is 0 Å². The van der Waals surface area contributed by atoms with Crippen LogP contribution in [0, 0.1) is 0 Å². The van der Waals surface area contributed by atoms with Crippen molar-refractivity contribution in [1.82, 2.24) is 4.98 Å². The summed E-state index contributed by atoms with van der Waals surface area (Å²) in [5.41, 5.74) is 0.345. The molecule has 16 heavy (non-hydrogen) atoms. The summed E-state index contributed by atoms with van der Waals surface area (Å²) < 4.78 is 31.2. The summed E-state index contributed by atoms with van der Waals surface area (Å²) in [5, 5.41) is 0. The van der Waals surface area contributed by atoms with E-state index < -0.39 is 10.0 Å². The van der Waals surface area contributed by atoms with Crippen molar-refractivity contribution in [3.63, 3.8) is 0 Å². The molecule has 0 unspecified atom stereocenters. The van der Waals surface area contributed by atoms with E-state index >= 15 is 0 Å². The molecule has 1 heterocycles. The summed E-state index contributed by atoms with van der Waals surface area (Å²) in [7, 11) is -3.32. The van der Waals surface area contributed by atoms with Crippen LogP contribution in [0.2, 0.25) is 0 Å². The van der Waals surface area contributed by atoms with Crippen LogP contribution in [0.5, 0.6) is 5.88 Å². The maximum Gasteiger partial charge on any atom is 0.238 e. The number of sulfonamides is 1. The minimum Gasteiger partial charge on any atom is -0.476 e. The zero-order valence-electron chi connectivity index (χ0n) is 9.03. The first-order chi connectivity index (χ1) is 7.48. The Morgan fingerprint density at radius 2 is 2.19 bits per heavy atom. The largest absolute Gasteiger partial charge is 0.476 e. The van der Waals surface area contributed by atoms with Gasteiger partial charge in [-0.3, -0.25) is 4.72 Å². The Bertz CT molecular complexity index is 462. The third kappa shape index (κ3) is 3.64. The average molecular weight is 309 g/mol. The van der Waals surface area contributed by atoms with Gasteiger partial charge in [0.05, 0.1) is 12.4 Å². The van der Waals surface area contributed by atoms with Gasteiger partial charge in [-0.1, -0.05) is 0 Å². The van der Waals surface area contributed by atoms with Gasteiger partial charge < -0.3 is 4.74 Å². The summed E-state index contributed by atoms with van der Waals surface area (Å²) in [5.74, 6) is 0.285. The van der Waals surface area contributed by atoms with E-state index in [1.165, 1.54) is 0 Å². The minimum atomic E-state index is -3.32. The fourth-order valence-electron chi connectivity index (χ4n) is 0.991. The van der Waals surface area contributed by atoms with Crippen LogP contribution in [0.15, 0.2) is 16.7 Å². The molecular formula is C9H13BrN2O3S. The van der Waals surface area contributed by atoms with Crippen LogP contribution in [0.4, 0.5) is 5.69 Å². The molecule has 1 N–H and O–H groups in total. The highest BCUT2D eigenvalue weighted by Gasteiger charge is 2.12. The van der Waals surface area contributed by atoms with Crippen molar-refractivity contribution in [2.45, 2.75) is 13.8 Å². The summed E-state index contributed by atoms with van der Waals surface area (Å²) in [6.45, 7) is 3.80. The van der Waals surface area contributed by atoms with Gasteiger partial charge in [0.1, 0.15) is 5.69 Å². The van der Waals surface area contributed by atoms with E-state index in [1.807, 2.05) is 6.92 Å². The zero-order chi connectivity index (χ0) is 12.2. The van der Waals surface area contributed by atoms with E-state index in [0.717, 1.165) is 0 Å². The maximum atomic E-state index is 11.4. The Morgan fingerprint density at radius 3 is 2.75 bits per heavy atom. The first-order valence-electron chi connectivity index (χ1n) is 4.77. The lowest BCUT2D eigenvalue weighted by molar-refractivity contribution is 0.328. The monoisotopic (exact) mass is 308 g/mol. The van der Waals surface area contributed by atoms with Gasteiger partial charge in [0.25, 0.3) is 0 Å². The topological polar surface area (TPSA) is 68.3 Å². The normalized spacial score (nSPS) is 11.2. The minimum absolute atomic E-state index is 0.00504. The highest BCUT2D eigenvalue weighted by Crippen LogP contribution is 2.26. The van der Waals surface area contributed by atoms with Crippen LogP contribution < -0.4 is 9.46 Å². The van der Waals surface area contributed by atoms with E-state index in [2.05, 4.69) is 25.6 Å². The fraction of sp³-hybridized carbons (Fsp3) is 0.444. The lowest BCUT2D eigenvalue weighted by Crippen LogP contribution is -2.15. The molecule has 1 aromatic rings. The van der Waals surface area contributed by atoms with Crippen molar-refractivity contribution >= 4 is 31.6 Å². The fourth-order valence-corrected chi connectivity index (χ4v) is 1.95. The number of hydrogen-bond acceptors (Lipinski definition) is 4. The maximum absolute atomic E-state index is 11.4. The van der Waals surface area contributed by atoms with Crippen LogP contribution in [0.1, 0.15) is 13.8 Å². The molecule has 90 valence electrons. The molecule has 1 rings (SSSR count). The van der Waals surface area contributed by atoms with Gasteiger partial charge in [0.2, 0.25) is 15.9 Å². The molecule has 5 nitrogen and oxygen atoms in total. The van der Waals surface area contributed by atoms with E-state index in [-0.39, 0.29) is 11.6 Å². The molecule has 0 aliphatic carbocycles. The van der Waals surface area contributed by atoms with Crippen LogP contribution in [-0.4, -0.2) is 25.8 Å². The number of nitrogens with one attached hydrogen (secondary N) is 1. The van der Waals surface area contributed by atoms with E-state index in [4.69, 9.17) is 4.74 Å². The summed E-state index contributed by atoms with van der Waals surface area (Å²) in [6.07, 6.45) is 1.55. The van der Waals surface area contributed by atoms with Crippen molar-refractivity contribution in [2.24, 2.45) is 0 Å². The predicted molar refractivity (Wildman–Crippen MR) is 66.2 cm³/mol. The lowest BCUT2D eigenvalue weighted by atomic mass is 10.4. The smallest absolute Gasteiger partial charge is 0.238 e. The number of aromatic nitrogens is 1. The standard InChI is InChI=1S/C9H13BrN2O3S/c1-3-15-9-8(5-7(10)6-11-9)12-16(13,14)4-2/h5-6,12H,3-4H2,1-2H3. The lowest BCUT2D eigenvalue weighted by Gasteiger charge is -2.11. The SMILES string of the molecule is CCOc1ncc(Br)cc1NS(=O)(=O)CC. The molecule has 0 spiro atoms. The van der Waals surface area contributed by atoms with Crippen molar-refractivity contribution in [3.05, 3.63) is 16.7 Å². The molecule has 0 amide bonds. The molecule has 7 heteroatoms. The Labute approximate surface area is 103 Å². The number of anilines is 1. The molecule has 0 aliphatic rings. The Morgan fingerprint density at radius 1 is 1.50 bits per heavy atom. The third-order valence-electron chi connectivity index (χ3n) is 1.74. The molecule has 0 saturated carbocycles. The average Bonchev–Trinajstić information content (AvgIpc) is 2.22. The highest BCUT2D eigenvalue weighted by molar-refractivity contribution is 9.10. The van der Waals surface area contributed by atoms with Gasteiger partial charge in [-0.2, -0.15) is 0 Å². The van der Waals surface area contributed by atoms with Crippen LogP contribution in [0.3, 0.4) is 0 Å². The van der Waals surface area contributed by atoms with Gasteiger partial charge in [-0.05, 0) is 35.8 Å². The number of pyridine rings is 1. The number of rotatable bonds is 5. The Kier molecular flexibility index (Phi) is 4.55. The summed E-state index contributed by atoms with van der Waals surface area (Å²) in [4.78, 5) is 3.99. The third-order valence-corrected chi connectivity index (χ3v) is 3.47. The number of hydrogen-bond donors (Lipinski definition) is 1. The molecule has 0 saturated heterocycles. The van der Waals surface area contributed by atoms with E-state index in [9.17, 15) is 8.42 Å². The summed E-state index contributed by atoms with van der Waals surface area (Å²) in [6, 6.07) is 1.62. The van der Waals surface area contributed by atoms with Crippen molar-refractivity contribution in [3.8, 4) is 5.88 Å². The Hall–Kier alpha value is -0.820. The van der Waals surface area contributed by atoms with Gasteiger partial charge in [-0.15, -0.1) is 0 Å². The van der Waals surface area contributed by atoms with Crippen molar-refractivity contribution < 1.29 is 13.2 Å². The highest BCUT2D eigenvalue weighted by atomic mass is 79.9. The van der Waals surface area contributed by atoms with Gasteiger partial charge in [0, 0.05) is 10.7 Å². The second kappa shape index (κ2) is 5.49. The van der Waals surface area contributed by atoms with Crippen molar-refractivity contribution in [2.75, 3.05) is 17.1 Å². The molecule has 0 aliphatic heterocycles. The molecular weight excluding hydrogens is 296 g/mol. The zero-order valence-corrected chi connectivity index (χ0v) is 11.4. The van der Waals surface area contributed by atoms with Gasteiger partial charge in [-0.25, -0.2) is 13.4 Å². The first kappa shape index (κ1) is 13.2. The van der Waals surface area contributed by atoms with Gasteiger partial charge in [0.15, 0.2) is 0 Å². The predicted octanol–water partition coefficient (Wildman–Crippen LogP) is 2.00. The molecule has 0 aromatic carbocycles. The number of nitrogens with zero attached hydrogens (tertiary/aromatic N) is 1. The summed E-state index contributed by atoms with van der Waals surface area (Å²) >= 11 is 3.22. The number of halogens is 1. The molecule has 1 aromatic heterocycles. The van der Waals surface area contributed by atoms with E-state index in [1.54, 1.807) is 19.2 Å². The van der Waals surface area contributed by atoms with E-state index in [0.29, 0.717) is 16.8 Å². The second-order valence-corrected chi connectivity index (χ2v) is 5.87. The first-order valence-corrected chi connectivity index (χ1v) is 7.22.